The Labute approximate surface area is 639 Å². The van der Waals surface area contributed by atoms with Crippen LogP contribution in [0, 0.1) is 27.7 Å². The Morgan fingerprint density at radius 2 is 0.593 bits per heavy atom. The van der Waals surface area contributed by atoms with Crippen LogP contribution in [0.25, 0.3) is 49.7 Å². The van der Waals surface area contributed by atoms with Crippen LogP contribution in [0.15, 0.2) is 352 Å². The van der Waals surface area contributed by atoms with Crippen molar-refractivity contribution in [2.75, 3.05) is 9.80 Å². The summed E-state index contributed by atoms with van der Waals surface area (Å²) >= 11 is 0. The number of aromatic nitrogens is 1. The van der Waals surface area contributed by atoms with Gasteiger partial charge < -0.3 is 14.4 Å². The Morgan fingerprint density at radius 1 is 0.250 bits per heavy atom. The van der Waals surface area contributed by atoms with Crippen molar-refractivity contribution in [1.82, 2.24) is 4.57 Å². The Bertz CT molecular complexity index is 5800. The summed E-state index contributed by atoms with van der Waals surface area (Å²) < 4.78 is 2.60. The van der Waals surface area contributed by atoms with Gasteiger partial charge in [-0.25, -0.2) is 0 Å². The van der Waals surface area contributed by atoms with E-state index >= 15 is 0 Å². The van der Waals surface area contributed by atoms with Gasteiger partial charge in [-0.1, -0.05) is 343 Å². The summed E-state index contributed by atoms with van der Waals surface area (Å²) in [6, 6.07) is 137. The highest BCUT2D eigenvalue weighted by molar-refractivity contribution is 7.21. The zero-order valence-corrected chi connectivity index (χ0v) is 65.4. The molecule has 16 aromatic rings. The number of hydrogen-bond acceptors (Lipinski definition) is 2. The number of rotatable bonds is 13. The van der Waals surface area contributed by atoms with Gasteiger partial charge in [0.25, 0.3) is 6.71 Å². The molecule has 0 amide bonds. The molecule has 6 heteroatoms. The van der Waals surface area contributed by atoms with Crippen LogP contribution >= 0.6 is 0 Å². The van der Waals surface area contributed by atoms with E-state index in [-0.39, 0.29) is 17.5 Å². The molecule has 0 saturated heterocycles. The van der Waals surface area contributed by atoms with E-state index in [1.54, 1.807) is 0 Å². The van der Waals surface area contributed by atoms with Crippen LogP contribution in [0.2, 0.25) is 0 Å². The molecule has 0 spiro atoms. The molecule has 0 unspecified atom stereocenters. The van der Waals surface area contributed by atoms with E-state index in [9.17, 15) is 0 Å². The van der Waals surface area contributed by atoms with Crippen LogP contribution in [0.5, 0.6) is 0 Å². The molecular weight excluding hydrogens is 1330 g/mol. The molecule has 1 aromatic heterocycles. The molecule has 0 bridgehead atoms. The summed E-state index contributed by atoms with van der Waals surface area (Å²) in [6.45, 7) is 22.6. The highest BCUT2D eigenvalue weighted by atomic mass is 28.3. The minimum absolute atomic E-state index is 0.0788. The van der Waals surface area contributed by atoms with Crippen molar-refractivity contribution in [2.45, 2.75) is 80.1 Å². The third-order valence-corrected chi connectivity index (χ3v) is 32.8. The van der Waals surface area contributed by atoms with Crippen molar-refractivity contribution >= 4 is 137 Å². The van der Waals surface area contributed by atoms with Crippen molar-refractivity contribution in [2.24, 2.45) is 0 Å². The van der Waals surface area contributed by atoms with Crippen LogP contribution in [-0.2, 0) is 10.8 Å². The lowest BCUT2D eigenvalue weighted by Gasteiger charge is -2.46. The van der Waals surface area contributed by atoms with Crippen LogP contribution in [-0.4, -0.2) is 27.4 Å². The number of hydrogen-bond donors (Lipinski definition) is 0. The van der Waals surface area contributed by atoms with Crippen LogP contribution in [0.3, 0.4) is 0 Å². The molecule has 0 N–H and O–H groups in total. The first-order valence-corrected chi connectivity index (χ1v) is 42.3. The lowest BCUT2D eigenvalue weighted by atomic mass is 9.33. The molecule has 0 atom stereocenters. The zero-order chi connectivity index (χ0) is 73.8. The van der Waals surface area contributed by atoms with Crippen molar-refractivity contribution in [3.63, 3.8) is 0 Å². The molecule has 0 fully saturated rings. The Morgan fingerprint density at radius 3 is 0.954 bits per heavy atom. The fourth-order valence-corrected chi connectivity index (χ4v) is 27.9. The Hall–Kier alpha value is -11.8. The second-order valence-electron chi connectivity index (χ2n) is 32.4. The Balaban J connectivity index is 1.01. The van der Waals surface area contributed by atoms with Crippen molar-refractivity contribution in [3.05, 3.63) is 385 Å². The largest absolute Gasteiger partial charge is 0.311 e. The summed E-state index contributed by atoms with van der Waals surface area (Å²) in [6.07, 6.45) is 0. The molecule has 3 nitrogen and oxygen atoms in total. The molecule has 15 aromatic carbocycles. The molecular formula is C102H88BN3Si2. The quantitative estimate of drug-likeness (QED) is 0.0842. The first-order chi connectivity index (χ1) is 52.4. The standard InChI is InChI=1S/C102H88BN3Si2/c1-69-57-70(2)60-75(59-69)73-41-47-79(48-42-73)104-96-56-52-88(107(82-29-17-11-18-30-82,83-31-19-12-20-32-83)84-33-21-13-22-34-84)67-93(96)103-92-53-51-89(108(85-35-23-14-24-36-85,86-37-25-15-26-38-86)87-39-27-16-28-40-87)68-97(92)105(80-49-43-74(44-50-80)76-61-71(3)58-72(4)62-76)99-66-81(65-98(104)100(99)103)106-94-54-45-77(101(5,6)7)63-90(94)91-64-78(102(8,9)10)46-55-95(91)106/h11-68H,1-10H3. The summed E-state index contributed by atoms with van der Waals surface area (Å²) in [5.41, 5.74) is 26.3. The summed E-state index contributed by atoms with van der Waals surface area (Å²) in [5, 5.41) is 13.2. The van der Waals surface area contributed by atoms with Gasteiger partial charge in [-0.2, -0.15) is 0 Å². The van der Waals surface area contributed by atoms with Crippen LogP contribution in [0.1, 0.15) is 74.9 Å². The van der Waals surface area contributed by atoms with Gasteiger partial charge in [0.2, 0.25) is 0 Å². The predicted octanol–water partition coefficient (Wildman–Crippen LogP) is 18.8. The van der Waals surface area contributed by atoms with Crippen LogP contribution in [0.4, 0.5) is 34.1 Å². The topological polar surface area (TPSA) is 11.4 Å². The van der Waals surface area contributed by atoms with Gasteiger partial charge in [0.05, 0.1) is 16.7 Å². The minimum atomic E-state index is -3.17. The minimum Gasteiger partial charge on any atom is -0.311 e. The number of aryl methyl sites for hydroxylation is 4. The average Bonchev–Trinajstić information content (AvgIpc) is 0.827. The van der Waals surface area contributed by atoms with Gasteiger partial charge in [0.1, 0.15) is 0 Å². The maximum absolute atomic E-state index is 3.17. The lowest BCUT2D eigenvalue weighted by molar-refractivity contribution is 0.590. The highest BCUT2D eigenvalue weighted by Crippen LogP contribution is 2.48. The van der Waals surface area contributed by atoms with E-state index < -0.39 is 16.1 Å². The number of nitrogens with zero attached hydrogens (tertiary/aromatic N) is 3. The fourth-order valence-electron chi connectivity index (χ4n) is 18.4. The smallest absolute Gasteiger partial charge is 0.252 e. The van der Waals surface area contributed by atoms with Gasteiger partial charge in [-0.3, -0.25) is 0 Å². The molecule has 522 valence electrons. The number of anilines is 6. The summed E-state index contributed by atoms with van der Waals surface area (Å²) in [7, 11) is -6.31. The van der Waals surface area contributed by atoms with Gasteiger partial charge in [0, 0.05) is 44.9 Å². The van der Waals surface area contributed by atoms with Crippen LogP contribution < -0.4 is 67.7 Å². The molecule has 18 rings (SSSR count). The third kappa shape index (κ3) is 11.4. The van der Waals surface area contributed by atoms with Crippen molar-refractivity contribution in [3.8, 4) is 27.9 Å². The number of benzene rings is 15. The fraction of sp³-hybridized carbons (Fsp3) is 0.118. The molecule has 108 heavy (non-hydrogen) atoms. The van der Waals surface area contributed by atoms with Gasteiger partial charge in [0.15, 0.2) is 16.1 Å². The van der Waals surface area contributed by atoms with E-state index in [2.05, 4.69) is 435 Å². The second kappa shape index (κ2) is 26.6. The van der Waals surface area contributed by atoms with E-state index in [1.165, 1.54) is 141 Å². The summed E-state index contributed by atoms with van der Waals surface area (Å²) in [5.74, 6) is 0. The second-order valence-corrected chi connectivity index (χ2v) is 40.0. The molecule has 2 aliphatic heterocycles. The summed E-state index contributed by atoms with van der Waals surface area (Å²) in [4.78, 5) is 5.32. The lowest BCUT2D eigenvalue weighted by Crippen LogP contribution is -2.75. The van der Waals surface area contributed by atoms with E-state index in [1.807, 2.05) is 0 Å². The van der Waals surface area contributed by atoms with E-state index in [0.717, 1.165) is 34.1 Å². The SMILES string of the molecule is Cc1cc(C)cc(-c2ccc(N3c4ccc([Si](c5ccccc5)(c5ccccc5)c5ccccc5)cc4B4c5ccc([Si](c6ccccc6)(c6ccccc6)c6ccccc6)cc5N(c5ccc(-c6cc(C)cc(C)c6)cc5)c5cc(-n6c7ccc(C(C)(C)C)cc7c7cc(C(C)(C)C)ccc76)cc3c54)cc2)c1. The molecule has 0 radical (unpaired) electrons. The first-order valence-electron chi connectivity index (χ1n) is 38.3. The molecule has 3 heterocycles. The van der Waals surface area contributed by atoms with E-state index in [4.69, 9.17) is 0 Å². The van der Waals surface area contributed by atoms with Gasteiger partial charge >= 0.3 is 0 Å². The van der Waals surface area contributed by atoms with Gasteiger partial charge in [-0.05, 0) is 203 Å². The Kier molecular flexibility index (Phi) is 16.8. The number of fused-ring (bicyclic) bond motifs is 7. The normalized spacial score (nSPS) is 12.9. The molecule has 0 aliphatic carbocycles. The van der Waals surface area contributed by atoms with Crippen molar-refractivity contribution < 1.29 is 0 Å². The molecule has 2 aliphatic rings. The third-order valence-electron chi connectivity index (χ3n) is 23.3. The maximum Gasteiger partial charge on any atom is 0.252 e. The van der Waals surface area contributed by atoms with Crippen molar-refractivity contribution in [1.29, 1.82) is 0 Å². The molecule has 0 saturated carbocycles. The average molecular weight is 1420 g/mol. The first kappa shape index (κ1) is 68.0. The maximum atomic E-state index is 2.69. The van der Waals surface area contributed by atoms with Gasteiger partial charge in [-0.15, -0.1) is 0 Å². The monoisotopic (exact) mass is 1420 g/mol. The predicted molar refractivity (Wildman–Crippen MR) is 469 cm³/mol. The zero-order valence-electron chi connectivity index (χ0n) is 63.4. The highest BCUT2D eigenvalue weighted by Gasteiger charge is 2.49. The van der Waals surface area contributed by atoms with E-state index in [0.29, 0.717) is 0 Å².